The summed E-state index contributed by atoms with van der Waals surface area (Å²) in [5.74, 6) is -1.10. The molecule has 2 aromatic rings. The molecule has 1 aliphatic rings. The number of benzene rings is 2. The number of rotatable bonds is 4. The quantitative estimate of drug-likeness (QED) is 0.683. The summed E-state index contributed by atoms with van der Waals surface area (Å²) in [7, 11) is 0. The van der Waals surface area contributed by atoms with Gasteiger partial charge in [-0.15, -0.1) is 0 Å². The van der Waals surface area contributed by atoms with Crippen molar-refractivity contribution in [2.45, 2.75) is 6.42 Å². The highest BCUT2D eigenvalue weighted by molar-refractivity contribution is 6.30. The maximum atomic E-state index is 13.2. The van der Waals surface area contributed by atoms with E-state index in [2.05, 4.69) is 10.5 Å². The molecule has 0 spiro atoms. The lowest BCUT2D eigenvalue weighted by molar-refractivity contribution is -0.123. The van der Waals surface area contributed by atoms with Crippen molar-refractivity contribution in [1.82, 2.24) is 5.43 Å². The molecule has 1 aliphatic heterocycles. The molecule has 0 aliphatic carbocycles. The van der Waals surface area contributed by atoms with Crippen LogP contribution in [0.25, 0.3) is 0 Å². The number of nitrogens with one attached hydrogen (secondary N) is 1. The second-order valence-corrected chi connectivity index (χ2v) is 5.71. The van der Waals surface area contributed by atoms with Crippen molar-refractivity contribution in [3.8, 4) is 0 Å². The molecule has 0 atom stereocenters. The van der Waals surface area contributed by atoms with Gasteiger partial charge in [0.05, 0.1) is 12.6 Å². The van der Waals surface area contributed by atoms with Crippen LogP contribution in [0.15, 0.2) is 47.6 Å². The molecule has 0 saturated carbocycles. The minimum absolute atomic E-state index is 0.0894. The van der Waals surface area contributed by atoms with Crippen molar-refractivity contribution in [2.75, 3.05) is 11.4 Å². The summed E-state index contributed by atoms with van der Waals surface area (Å²) in [5, 5.41) is 4.41. The van der Waals surface area contributed by atoms with E-state index in [-0.39, 0.29) is 18.9 Å². The van der Waals surface area contributed by atoms with Crippen molar-refractivity contribution < 1.29 is 14.0 Å². The van der Waals surface area contributed by atoms with Crippen LogP contribution >= 0.6 is 11.6 Å². The SMILES string of the molecule is O=C(CN1C(=O)Cc2cc(F)ccc21)N/N=C/c1cccc(Cl)c1. The molecule has 122 valence electrons. The van der Waals surface area contributed by atoms with E-state index in [1.807, 2.05) is 0 Å². The zero-order valence-corrected chi connectivity index (χ0v) is 13.3. The Balaban J connectivity index is 1.62. The Labute approximate surface area is 142 Å². The van der Waals surface area contributed by atoms with E-state index in [1.54, 1.807) is 24.3 Å². The lowest BCUT2D eigenvalue weighted by Gasteiger charge is -2.15. The molecule has 7 heteroatoms. The highest BCUT2D eigenvalue weighted by Crippen LogP contribution is 2.28. The number of hydrazone groups is 1. The standard InChI is InChI=1S/C17H13ClFN3O2/c18-13-3-1-2-11(6-13)9-20-21-16(23)10-22-15-5-4-14(19)7-12(15)8-17(22)24/h1-7,9H,8,10H2,(H,21,23)/b20-9+. The molecule has 1 heterocycles. The Kier molecular flexibility index (Phi) is 4.57. The number of anilines is 1. The average molecular weight is 346 g/mol. The van der Waals surface area contributed by atoms with E-state index in [1.165, 1.54) is 29.3 Å². The lowest BCUT2D eigenvalue weighted by Crippen LogP contribution is -2.37. The summed E-state index contributed by atoms with van der Waals surface area (Å²) in [6, 6.07) is 11.1. The molecular weight excluding hydrogens is 333 g/mol. The first-order chi connectivity index (χ1) is 11.5. The molecule has 0 saturated heterocycles. The zero-order valence-electron chi connectivity index (χ0n) is 12.5. The zero-order chi connectivity index (χ0) is 17.1. The Bertz CT molecular complexity index is 838. The molecular formula is C17H13ClFN3O2. The largest absolute Gasteiger partial charge is 0.302 e. The first-order valence-corrected chi connectivity index (χ1v) is 7.57. The number of amides is 2. The summed E-state index contributed by atoms with van der Waals surface area (Å²) in [5.41, 5.74) is 4.23. The maximum absolute atomic E-state index is 13.2. The number of carbonyl (C=O) groups is 2. The van der Waals surface area contributed by atoms with Gasteiger partial charge in [-0.05, 0) is 41.5 Å². The molecule has 5 nitrogen and oxygen atoms in total. The predicted octanol–water partition coefficient (Wildman–Crippen LogP) is 2.52. The van der Waals surface area contributed by atoms with Crippen LogP contribution in [0.4, 0.5) is 10.1 Å². The summed E-state index contributed by atoms with van der Waals surface area (Å²) in [4.78, 5) is 25.3. The molecule has 0 fully saturated rings. The molecule has 1 N–H and O–H groups in total. The number of hydrogen-bond acceptors (Lipinski definition) is 3. The van der Waals surface area contributed by atoms with E-state index in [0.29, 0.717) is 16.3 Å². The highest BCUT2D eigenvalue weighted by atomic mass is 35.5. The van der Waals surface area contributed by atoms with Crippen LogP contribution in [-0.4, -0.2) is 24.6 Å². The first-order valence-electron chi connectivity index (χ1n) is 7.19. The number of halogens is 2. The first kappa shape index (κ1) is 16.1. The van der Waals surface area contributed by atoms with E-state index in [0.717, 1.165) is 5.56 Å². The van der Waals surface area contributed by atoms with Crippen molar-refractivity contribution in [1.29, 1.82) is 0 Å². The smallest absolute Gasteiger partial charge is 0.260 e. The summed E-state index contributed by atoms with van der Waals surface area (Å²) < 4.78 is 13.2. The van der Waals surface area contributed by atoms with E-state index >= 15 is 0 Å². The summed E-state index contributed by atoms with van der Waals surface area (Å²) >= 11 is 5.85. The number of nitrogens with zero attached hydrogens (tertiary/aromatic N) is 2. The van der Waals surface area contributed by atoms with Gasteiger partial charge in [-0.3, -0.25) is 9.59 Å². The Morgan fingerprint density at radius 3 is 2.96 bits per heavy atom. The van der Waals surface area contributed by atoms with Gasteiger partial charge in [0.2, 0.25) is 5.91 Å². The van der Waals surface area contributed by atoms with Gasteiger partial charge < -0.3 is 4.90 Å². The Morgan fingerprint density at radius 1 is 1.33 bits per heavy atom. The Morgan fingerprint density at radius 2 is 2.17 bits per heavy atom. The molecule has 0 radical (unpaired) electrons. The third-order valence-corrected chi connectivity index (χ3v) is 3.76. The van der Waals surface area contributed by atoms with Crippen molar-refractivity contribution in [2.24, 2.45) is 5.10 Å². The molecule has 24 heavy (non-hydrogen) atoms. The number of carbonyl (C=O) groups excluding carboxylic acids is 2. The maximum Gasteiger partial charge on any atom is 0.260 e. The van der Waals surface area contributed by atoms with E-state index in [4.69, 9.17) is 11.6 Å². The summed E-state index contributed by atoms with van der Waals surface area (Å²) in [6.07, 6.45) is 1.55. The van der Waals surface area contributed by atoms with Crippen LogP contribution in [0.5, 0.6) is 0 Å². The van der Waals surface area contributed by atoms with Gasteiger partial charge in [0.1, 0.15) is 12.4 Å². The minimum Gasteiger partial charge on any atom is -0.302 e. The molecule has 2 aromatic carbocycles. The average Bonchev–Trinajstić information content (AvgIpc) is 2.82. The third kappa shape index (κ3) is 3.60. The van der Waals surface area contributed by atoms with Crippen LogP contribution in [0.3, 0.4) is 0 Å². The van der Waals surface area contributed by atoms with Crippen LogP contribution < -0.4 is 10.3 Å². The molecule has 2 amide bonds. The lowest BCUT2D eigenvalue weighted by atomic mass is 10.1. The molecule has 0 unspecified atom stereocenters. The summed E-state index contributed by atoms with van der Waals surface area (Å²) in [6.45, 7) is -0.176. The van der Waals surface area contributed by atoms with Crippen molar-refractivity contribution in [3.05, 3.63) is 64.4 Å². The fraction of sp³-hybridized carbons (Fsp3) is 0.118. The second kappa shape index (κ2) is 6.80. The Hall–Kier alpha value is -2.73. The molecule has 0 aromatic heterocycles. The minimum atomic E-state index is -0.446. The van der Waals surface area contributed by atoms with Crippen molar-refractivity contribution >= 4 is 35.3 Å². The third-order valence-electron chi connectivity index (χ3n) is 3.53. The van der Waals surface area contributed by atoms with Crippen molar-refractivity contribution in [3.63, 3.8) is 0 Å². The fourth-order valence-electron chi connectivity index (χ4n) is 2.47. The highest BCUT2D eigenvalue weighted by Gasteiger charge is 2.28. The van der Waals surface area contributed by atoms with Crippen LogP contribution in [0.1, 0.15) is 11.1 Å². The topological polar surface area (TPSA) is 61.8 Å². The van der Waals surface area contributed by atoms with Gasteiger partial charge in [-0.1, -0.05) is 23.7 Å². The van der Waals surface area contributed by atoms with Gasteiger partial charge in [-0.2, -0.15) is 5.10 Å². The van der Waals surface area contributed by atoms with Crippen LogP contribution in [0, 0.1) is 5.82 Å². The molecule has 0 bridgehead atoms. The van der Waals surface area contributed by atoms with Gasteiger partial charge in [-0.25, -0.2) is 9.82 Å². The van der Waals surface area contributed by atoms with Gasteiger partial charge in [0.25, 0.3) is 5.91 Å². The predicted molar refractivity (Wildman–Crippen MR) is 89.6 cm³/mol. The number of hydrogen-bond donors (Lipinski definition) is 1. The monoisotopic (exact) mass is 345 g/mol. The van der Waals surface area contributed by atoms with Gasteiger partial charge >= 0.3 is 0 Å². The van der Waals surface area contributed by atoms with E-state index in [9.17, 15) is 14.0 Å². The second-order valence-electron chi connectivity index (χ2n) is 5.28. The van der Waals surface area contributed by atoms with Gasteiger partial charge in [0, 0.05) is 10.7 Å². The van der Waals surface area contributed by atoms with E-state index < -0.39 is 11.7 Å². The van der Waals surface area contributed by atoms with Gasteiger partial charge in [0.15, 0.2) is 0 Å². The van der Waals surface area contributed by atoms with Crippen LogP contribution in [-0.2, 0) is 16.0 Å². The fourth-order valence-corrected chi connectivity index (χ4v) is 2.67. The normalized spacial score (nSPS) is 13.4. The van der Waals surface area contributed by atoms with Crippen LogP contribution in [0.2, 0.25) is 5.02 Å². The number of fused-ring (bicyclic) bond motifs is 1. The molecule has 3 rings (SSSR count).